The summed E-state index contributed by atoms with van der Waals surface area (Å²) in [5, 5.41) is 9.20. The maximum absolute atomic E-state index is 9.20. The summed E-state index contributed by atoms with van der Waals surface area (Å²) in [7, 11) is 0. The predicted molar refractivity (Wildman–Crippen MR) is 62.3 cm³/mol. The fourth-order valence-corrected chi connectivity index (χ4v) is 1.18. The van der Waals surface area contributed by atoms with Gasteiger partial charge in [-0.1, -0.05) is 18.2 Å². The molecule has 0 atom stereocenters. The minimum absolute atomic E-state index is 0.268. The minimum atomic E-state index is 0.268. The molecule has 0 aliphatic rings. The van der Waals surface area contributed by atoms with Crippen LogP contribution in [0.15, 0.2) is 42.5 Å². The normalized spacial score (nSPS) is 11.3. The number of hydrogen-bond acceptors (Lipinski definition) is 2. The van der Waals surface area contributed by atoms with E-state index in [4.69, 9.17) is 4.74 Å². The van der Waals surface area contributed by atoms with Crippen molar-refractivity contribution in [3.8, 4) is 11.5 Å². The summed E-state index contributed by atoms with van der Waals surface area (Å²) in [5.74, 6) is 1.07. The van der Waals surface area contributed by atoms with Crippen molar-refractivity contribution in [3.05, 3.63) is 48.1 Å². The number of phenolic OH excluding ortho intramolecular Hbond substituents is 1. The van der Waals surface area contributed by atoms with Crippen LogP contribution >= 0.6 is 0 Å². The molecule has 0 saturated carbocycles. The fraction of sp³-hybridized carbons (Fsp3) is 0.231. The average Bonchev–Trinajstić information content (AvgIpc) is 2.20. The monoisotopic (exact) mass is 204 g/mol. The van der Waals surface area contributed by atoms with E-state index in [-0.39, 0.29) is 5.75 Å². The second-order valence-corrected chi connectivity index (χ2v) is 3.21. The van der Waals surface area contributed by atoms with E-state index >= 15 is 0 Å². The Kier molecular flexibility index (Phi) is 4.48. The third-order valence-electron chi connectivity index (χ3n) is 1.93. The molecule has 1 aromatic carbocycles. The first-order valence-electron chi connectivity index (χ1n) is 4.94. The van der Waals surface area contributed by atoms with Crippen molar-refractivity contribution in [1.29, 1.82) is 0 Å². The first kappa shape index (κ1) is 11.4. The Balaban J connectivity index is 2.51. The smallest absolute Gasteiger partial charge is 0.122 e. The zero-order chi connectivity index (χ0) is 11.1. The van der Waals surface area contributed by atoms with E-state index in [0.29, 0.717) is 6.61 Å². The molecule has 2 nitrogen and oxygen atoms in total. The maximum Gasteiger partial charge on any atom is 0.122 e. The van der Waals surface area contributed by atoms with Crippen LogP contribution in [0.2, 0.25) is 0 Å². The van der Waals surface area contributed by atoms with Gasteiger partial charge < -0.3 is 9.84 Å². The van der Waals surface area contributed by atoms with Gasteiger partial charge in [0.25, 0.3) is 0 Å². The first-order chi connectivity index (χ1) is 7.24. The molecule has 1 aromatic rings. The molecule has 0 fully saturated rings. The number of benzene rings is 1. The van der Waals surface area contributed by atoms with Crippen LogP contribution in [0.4, 0.5) is 0 Å². The molecule has 0 radical (unpaired) electrons. The van der Waals surface area contributed by atoms with Crippen molar-refractivity contribution in [2.24, 2.45) is 0 Å². The van der Waals surface area contributed by atoms with Gasteiger partial charge in [-0.3, -0.25) is 0 Å². The number of ether oxygens (including phenoxy) is 1. The second-order valence-electron chi connectivity index (χ2n) is 3.21. The number of rotatable bonds is 4. The van der Waals surface area contributed by atoms with Crippen LogP contribution in [0.3, 0.4) is 0 Å². The van der Waals surface area contributed by atoms with E-state index in [0.717, 1.165) is 11.3 Å². The molecule has 0 spiro atoms. The number of aryl methyl sites for hydroxylation is 1. The molecule has 1 rings (SSSR count). The van der Waals surface area contributed by atoms with E-state index in [1.54, 1.807) is 18.2 Å². The third kappa shape index (κ3) is 3.90. The first-order valence-corrected chi connectivity index (χ1v) is 4.94. The van der Waals surface area contributed by atoms with E-state index in [9.17, 15) is 5.11 Å². The molecule has 0 aromatic heterocycles. The molecule has 2 heteroatoms. The van der Waals surface area contributed by atoms with Crippen LogP contribution in [0.5, 0.6) is 11.5 Å². The van der Waals surface area contributed by atoms with Gasteiger partial charge in [0.05, 0.1) is 0 Å². The highest BCUT2D eigenvalue weighted by molar-refractivity contribution is 5.38. The van der Waals surface area contributed by atoms with Crippen molar-refractivity contribution < 1.29 is 9.84 Å². The number of aromatic hydroxyl groups is 1. The highest BCUT2D eigenvalue weighted by Crippen LogP contribution is 2.22. The molecule has 0 aliphatic heterocycles. The standard InChI is InChI=1S/C13H16O2/c1-3-4-5-6-9-15-13-8-7-12(14)10-11(13)2/h3-8,10,14H,9H2,1-2H3/b4-3+,6-5+. The number of phenols is 1. The molecule has 0 unspecified atom stereocenters. The molecule has 1 N–H and O–H groups in total. The lowest BCUT2D eigenvalue weighted by Crippen LogP contribution is -1.94. The van der Waals surface area contributed by atoms with Crippen molar-refractivity contribution in [2.75, 3.05) is 6.61 Å². The Hall–Kier alpha value is -1.70. The molecule has 0 heterocycles. The third-order valence-corrected chi connectivity index (χ3v) is 1.93. The molecular weight excluding hydrogens is 188 g/mol. The predicted octanol–water partition coefficient (Wildman–Crippen LogP) is 3.21. The Morgan fingerprint density at radius 1 is 1.33 bits per heavy atom. The summed E-state index contributed by atoms with van der Waals surface area (Å²) >= 11 is 0. The molecular formula is C13H16O2. The summed E-state index contributed by atoms with van der Waals surface area (Å²) in [6.07, 6.45) is 7.79. The van der Waals surface area contributed by atoms with Crippen LogP contribution < -0.4 is 4.74 Å². The molecule has 0 saturated heterocycles. The Morgan fingerprint density at radius 3 is 2.80 bits per heavy atom. The molecule has 0 aliphatic carbocycles. The van der Waals surface area contributed by atoms with Crippen LogP contribution in [0.1, 0.15) is 12.5 Å². The van der Waals surface area contributed by atoms with Crippen LogP contribution in [-0.4, -0.2) is 11.7 Å². The zero-order valence-corrected chi connectivity index (χ0v) is 9.10. The SMILES string of the molecule is C/C=C/C=C/COc1ccc(O)cc1C. The van der Waals surface area contributed by atoms with E-state index in [2.05, 4.69) is 0 Å². The van der Waals surface area contributed by atoms with Gasteiger partial charge in [0.15, 0.2) is 0 Å². The number of hydrogen-bond donors (Lipinski definition) is 1. The van der Waals surface area contributed by atoms with Crippen molar-refractivity contribution in [1.82, 2.24) is 0 Å². The number of allylic oxidation sites excluding steroid dienone is 3. The van der Waals surface area contributed by atoms with Gasteiger partial charge in [-0.15, -0.1) is 0 Å². The maximum atomic E-state index is 9.20. The Labute approximate surface area is 90.5 Å². The topological polar surface area (TPSA) is 29.5 Å². The summed E-state index contributed by atoms with van der Waals surface area (Å²) in [4.78, 5) is 0. The van der Waals surface area contributed by atoms with Gasteiger partial charge in [0.2, 0.25) is 0 Å². The second kappa shape index (κ2) is 5.91. The van der Waals surface area contributed by atoms with E-state index in [1.807, 2.05) is 38.2 Å². The van der Waals surface area contributed by atoms with Crippen molar-refractivity contribution in [2.45, 2.75) is 13.8 Å². The zero-order valence-electron chi connectivity index (χ0n) is 9.10. The van der Waals surface area contributed by atoms with Crippen molar-refractivity contribution in [3.63, 3.8) is 0 Å². The minimum Gasteiger partial charge on any atom is -0.508 e. The lowest BCUT2D eigenvalue weighted by molar-refractivity contribution is 0.359. The van der Waals surface area contributed by atoms with Gasteiger partial charge in [-0.25, -0.2) is 0 Å². The average molecular weight is 204 g/mol. The van der Waals surface area contributed by atoms with Crippen LogP contribution in [0, 0.1) is 6.92 Å². The molecule has 15 heavy (non-hydrogen) atoms. The lowest BCUT2D eigenvalue weighted by Gasteiger charge is -2.06. The largest absolute Gasteiger partial charge is 0.508 e. The van der Waals surface area contributed by atoms with Gasteiger partial charge in [-0.05, 0) is 43.7 Å². The van der Waals surface area contributed by atoms with Crippen LogP contribution in [0.25, 0.3) is 0 Å². The summed E-state index contributed by atoms with van der Waals surface area (Å²) in [5.41, 5.74) is 0.939. The van der Waals surface area contributed by atoms with E-state index < -0.39 is 0 Å². The van der Waals surface area contributed by atoms with Gasteiger partial charge in [0.1, 0.15) is 18.1 Å². The van der Waals surface area contributed by atoms with Crippen LogP contribution in [-0.2, 0) is 0 Å². The highest BCUT2D eigenvalue weighted by atomic mass is 16.5. The summed E-state index contributed by atoms with van der Waals surface area (Å²) < 4.78 is 5.51. The molecule has 0 amide bonds. The van der Waals surface area contributed by atoms with E-state index in [1.165, 1.54) is 0 Å². The summed E-state index contributed by atoms with van der Waals surface area (Å²) in [6, 6.07) is 5.08. The van der Waals surface area contributed by atoms with Gasteiger partial charge in [0, 0.05) is 0 Å². The Bertz CT molecular complexity index is 365. The molecule has 0 bridgehead atoms. The van der Waals surface area contributed by atoms with Gasteiger partial charge >= 0.3 is 0 Å². The van der Waals surface area contributed by atoms with Gasteiger partial charge in [-0.2, -0.15) is 0 Å². The highest BCUT2D eigenvalue weighted by Gasteiger charge is 1.98. The Morgan fingerprint density at radius 2 is 2.13 bits per heavy atom. The lowest BCUT2D eigenvalue weighted by atomic mass is 10.2. The quantitative estimate of drug-likeness (QED) is 0.763. The fourth-order valence-electron chi connectivity index (χ4n) is 1.18. The van der Waals surface area contributed by atoms with Crippen molar-refractivity contribution >= 4 is 0 Å². The molecule has 80 valence electrons. The summed E-state index contributed by atoms with van der Waals surface area (Å²) in [6.45, 7) is 4.41.